The normalized spacial score (nSPS) is 15.4. The third-order valence-electron chi connectivity index (χ3n) is 6.37. The van der Waals surface area contributed by atoms with Gasteiger partial charge in [-0.25, -0.2) is 8.78 Å². The molecule has 5 rings (SSSR count). The summed E-state index contributed by atoms with van der Waals surface area (Å²) in [5.74, 6) is -0.552. The molecule has 4 nitrogen and oxygen atoms in total. The van der Waals surface area contributed by atoms with Crippen LogP contribution in [0.5, 0.6) is 0 Å². The number of hydrogen-bond donors (Lipinski definition) is 1. The Labute approximate surface area is 191 Å². The molecule has 4 aromatic rings. The monoisotopic (exact) mass is 445 g/mol. The molecule has 1 saturated heterocycles. The lowest BCUT2D eigenvalue weighted by molar-refractivity contribution is 0.104. The molecule has 1 fully saturated rings. The van der Waals surface area contributed by atoms with Crippen molar-refractivity contribution < 1.29 is 8.78 Å². The third-order valence-corrected chi connectivity index (χ3v) is 6.37. The van der Waals surface area contributed by atoms with Gasteiger partial charge in [-0.05, 0) is 52.9 Å². The van der Waals surface area contributed by atoms with Gasteiger partial charge in [0.2, 0.25) is 0 Å². The average Bonchev–Trinajstić information content (AvgIpc) is 2.83. The molecule has 1 aliphatic rings. The van der Waals surface area contributed by atoms with E-state index in [1.54, 1.807) is 24.3 Å². The van der Waals surface area contributed by atoms with Crippen LogP contribution < -0.4 is 5.56 Å². The first-order valence-electron chi connectivity index (χ1n) is 11.1. The lowest BCUT2D eigenvalue weighted by Crippen LogP contribution is -2.47. The number of pyridine rings is 1. The van der Waals surface area contributed by atoms with Gasteiger partial charge < -0.3 is 4.98 Å². The molecule has 0 atom stereocenters. The number of benzene rings is 3. The van der Waals surface area contributed by atoms with Crippen molar-refractivity contribution in [3.8, 4) is 0 Å². The highest BCUT2D eigenvalue weighted by Gasteiger charge is 2.27. The maximum atomic E-state index is 13.5. The molecule has 0 radical (unpaired) electrons. The van der Waals surface area contributed by atoms with Crippen LogP contribution in [0.15, 0.2) is 83.7 Å². The Kier molecular flexibility index (Phi) is 6.03. The van der Waals surface area contributed by atoms with E-state index in [1.807, 2.05) is 30.3 Å². The maximum absolute atomic E-state index is 13.5. The van der Waals surface area contributed by atoms with Crippen molar-refractivity contribution in [3.05, 3.63) is 118 Å². The van der Waals surface area contributed by atoms with E-state index in [9.17, 15) is 13.6 Å². The summed E-state index contributed by atoms with van der Waals surface area (Å²) in [6.07, 6.45) is 0. The van der Waals surface area contributed by atoms with Crippen LogP contribution in [0.2, 0.25) is 0 Å². The van der Waals surface area contributed by atoms with Crippen LogP contribution in [0.3, 0.4) is 0 Å². The van der Waals surface area contributed by atoms with Gasteiger partial charge in [-0.1, -0.05) is 42.5 Å². The summed E-state index contributed by atoms with van der Waals surface area (Å²) < 4.78 is 27.1. The van der Waals surface area contributed by atoms with Crippen molar-refractivity contribution >= 4 is 10.9 Å². The van der Waals surface area contributed by atoms with Crippen molar-refractivity contribution in [2.45, 2.75) is 12.6 Å². The van der Waals surface area contributed by atoms with Gasteiger partial charge in [0.25, 0.3) is 5.56 Å². The van der Waals surface area contributed by atoms with Gasteiger partial charge in [0.1, 0.15) is 11.6 Å². The van der Waals surface area contributed by atoms with Crippen molar-refractivity contribution in [1.82, 2.24) is 14.8 Å². The molecule has 0 aliphatic carbocycles. The van der Waals surface area contributed by atoms with Crippen molar-refractivity contribution in [1.29, 1.82) is 0 Å². The van der Waals surface area contributed by atoms with Crippen LogP contribution >= 0.6 is 0 Å². The SMILES string of the molecule is O=c1[nH]c2ccccc2cc1CN1CCN(C(c2ccc(F)cc2)c2ccc(F)cc2)CC1. The van der Waals surface area contributed by atoms with Gasteiger partial charge in [-0.15, -0.1) is 0 Å². The first-order chi connectivity index (χ1) is 16.1. The number of nitrogens with zero attached hydrogens (tertiary/aromatic N) is 2. The molecule has 6 heteroatoms. The van der Waals surface area contributed by atoms with Crippen LogP contribution in [0.4, 0.5) is 8.78 Å². The summed E-state index contributed by atoms with van der Waals surface area (Å²) in [7, 11) is 0. The van der Waals surface area contributed by atoms with E-state index in [4.69, 9.17) is 0 Å². The third kappa shape index (κ3) is 4.72. The van der Waals surface area contributed by atoms with Gasteiger partial charge in [0.05, 0.1) is 6.04 Å². The average molecular weight is 446 g/mol. The second kappa shape index (κ2) is 9.25. The second-order valence-electron chi connectivity index (χ2n) is 8.53. The minimum atomic E-state index is -0.276. The molecule has 0 bridgehead atoms. The van der Waals surface area contributed by atoms with Gasteiger partial charge >= 0.3 is 0 Å². The summed E-state index contributed by atoms with van der Waals surface area (Å²) in [5, 5.41) is 1.03. The molecule has 3 aromatic carbocycles. The predicted octanol–water partition coefficient (Wildman–Crippen LogP) is 4.71. The van der Waals surface area contributed by atoms with Crippen molar-refractivity contribution in [2.75, 3.05) is 26.2 Å². The molecule has 33 heavy (non-hydrogen) atoms. The fourth-order valence-electron chi connectivity index (χ4n) is 4.63. The topological polar surface area (TPSA) is 39.3 Å². The second-order valence-corrected chi connectivity index (χ2v) is 8.53. The first kappa shape index (κ1) is 21.5. The molecule has 1 aliphatic heterocycles. The van der Waals surface area contributed by atoms with E-state index >= 15 is 0 Å². The molecule has 1 N–H and O–H groups in total. The number of rotatable bonds is 5. The number of piperazine rings is 1. The van der Waals surface area contributed by atoms with Crippen molar-refractivity contribution in [2.24, 2.45) is 0 Å². The summed E-state index contributed by atoms with van der Waals surface area (Å²) in [5.41, 5.74) is 3.50. The minimum absolute atomic E-state index is 0.0494. The minimum Gasteiger partial charge on any atom is -0.322 e. The summed E-state index contributed by atoms with van der Waals surface area (Å²) in [4.78, 5) is 20.1. The Hall–Kier alpha value is -3.35. The highest BCUT2D eigenvalue weighted by molar-refractivity contribution is 5.78. The number of aromatic nitrogens is 1. The lowest BCUT2D eigenvalue weighted by atomic mass is 9.96. The summed E-state index contributed by atoms with van der Waals surface area (Å²) in [6, 6.07) is 22.7. The molecule has 2 heterocycles. The predicted molar refractivity (Wildman–Crippen MR) is 126 cm³/mol. The van der Waals surface area contributed by atoms with E-state index in [0.29, 0.717) is 6.54 Å². The van der Waals surface area contributed by atoms with Gasteiger partial charge in [0.15, 0.2) is 0 Å². The maximum Gasteiger partial charge on any atom is 0.252 e. The molecule has 0 spiro atoms. The van der Waals surface area contributed by atoms with Crippen LogP contribution in [0.25, 0.3) is 10.9 Å². The van der Waals surface area contributed by atoms with E-state index in [-0.39, 0.29) is 23.2 Å². The highest BCUT2D eigenvalue weighted by Crippen LogP contribution is 2.30. The Morgan fingerprint density at radius 1 is 0.788 bits per heavy atom. The van der Waals surface area contributed by atoms with Gasteiger partial charge in [-0.2, -0.15) is 0 Å². The fourth-order valence-corrected chi connectivity index (χ4v) is 4.63. The number of para-hydroxylation sites is 1. The van der Waals surface area contributed by atoms with E-state index in [2.05, 4.69) is 14.8 Å². The lowest BCUT2D eigenvalue weighted by Gasteiger charge is -2.39. The zero-order chi connectivity index (χ0) is 22.8. The molecular formula is C27H25F2N3O. The van der Waals surface area contributed by atoms with Crippen molar-refractivity contribution in [3.63, 3.8) is 0 Å². The van der Waals surface area contributed by atoms with E-state index < -0.39 is 0 Å². The Bertz CT molecular complexity index is 1250. The number of halogens is 2. The standard InChI is InChI=1S/C27H25F2N3O/c28-23-9-5-19(6-10-23)26(20-7-11-24(29)12-8-20)32-15-13-31(14-16-32)18-22-17-21-3-1-2-4-25(21)30-27(22)33/h1-12,17,26H,13-16,18H2,(H,30,33). The number of H-pyrrole nitrogens is 1. The van der Waals surface area contributed by atoms with E-state index in [1.165, 1.54) is 24.3 Å². The van der Waals surface area contributed by atoms with Crippen LogP contribution in [-0.2, 0) is 6.54 Å². The highest BCUT2D eigenvalue weighted by atomic mass is 19.1. The quantitative estimate of drug-likeness (QED) is 0.484. The Balaban J connectivity index is 1.33. The number of aromatic amines is 1. The molecule has 0 amide bonds. The molecule has 0 unspecified atom stereocenters. The Morgan fingerprint density at radius 2 is 1.36 bits per heavy atom. The van der Waals surface area contributed by atoms with Crippen LogP contribution in [0, 0.1) is 11.6 Å². The van der Waals surface area contributed by atoms with Crippen LogP contribution in [-0.4, -0.2) is 41.0 Å². The first-order valence-corrected chi connectivity index (χ1v) is 11.1. The van der Waals surface area contributed by atoms with Gasteiger partial charge in [-0.3, -0.25) is 14.6 Å². The van der Waals surface area contributed by atoms with Crippen LogP contribution in [0.1, 0.15) is 22.7 Å². The molecule has 0 saturated carbocycles. The summed E-state index contributed by atoms with van der Waals surface area (Å²) >= 11 is 0. The molecule has 1 aromatic heterocycles. The molecular weight excluding hydrogens is 420 g/mol. The Morgan fingerprint density at radius 3 is 1.97 bits per heavy atom. The smallest absolute Gasteiger partial charge is 0.252 e. The zero-order valence-corrected chi connectivity index (χ0v) is 18.2. The van der Waals surface area contributed by atoms with E-state index in [0.717, 1.165) is 53.8 Å². The fraction of sp³-hybridized carbons (Fsp3) is 0.222. The number of nitrogens with one attached hydrogen (secondary N) is 1. The molecule has 168 valence electrons. The van der Waals surface area contributed by atoms with Gasteiger partial charge in [0, 0.05) is 43.8 Å². The number of hydrogen-bond acceptors (Lipinski definition) is 3. The number of fused-ring (bicyclic) bond motifs is 1. The summed E-state index contributed by atoms with van der Waals surface area (Å²) in [6.45, 7) is 3.75. The largest absolute Gasteiger partial charge is 0.322 e. The zero-order valence-electron chi connectivity index (χ0n) is 18.2.